The number of para-hydroxylation sites is 1. The largest absolute Gasteiger partial charge is 0.339 e. The normalized spacial score (nSPS) is 10.4. The van der Waals surface area contributed by atoms with E-state index in [0.29, 0.717) is 18.7 Å². The van der Waals surface area contributed by atoms with Gasteiger partial charge in [-0.15, -0.1) is 0 Å². The zero-order chi connectivity index (χ0) is 18.9. The van der Waals surface area contributed by atoms with Crippen molar-refractivity contribution in [2.75, 3.05) is 18.4 Å². The monoisotopic (exact) mass is 353 g/mol. The van der Waals surface area contributed by atoms with Crippen LogP contribution in [0.25, 0.3) is 0 Å². The molecule has 0 bridgehead atoms. The predicted octanol–water partition coefficient (Wildman–Crippen LogP) is 4.16. The van der Waals surface area contributed by atoms with E-state index >= 15 is 0 Å². The zero-order valence-electron chi connectivity index (χ0n) is 15.8. The van der Waals surface area contributed by atoms with Crippen molar-refractivity contribution in [3.05, 3.63) is 59.4 Å². The van der Waals surface area contributed by atoms with Crippen LogP contribution in [0.2, 0.25) is 0 Å². The Kier molecular flexibility index (Phi) is 7.33. The summed E-state index contributed by atoms with van der Waals surface area (Å²) in [5.41, 5.74) is 2.58. The average Bonchev–Trinajstić information content (AvgIpc) is 2.67. The summed E-state index contributed by atoms with van der Waals surface area (Å²) in [6, 6.07) is 10.9. The van der Waals surface area contributed by atoms with E-state index in [2.05, 4.69) is 10.3 Å². The molecular weight excluding hydrogens is 326 g/mol. The molecule has 2 amide bonds. The van der Waals surface area contributed by atoms with Crippen LogP contribution in [0.15, 0.2) is 42.6 Å². The highest BCUT2D eigenvalue weighted by Crippen LogP contribution is 2.17. The Balaban J connectivity index is 2.19. The molecule has 0 radical (unpaired) electrons. The van der Waals surface area contributed by atoms with Crippen molar-refractivity contribution in [3.8, 4) is 0 Å². The Morgan fingerprint density at radius 1 is 1.04 bits per heavy atom. The highest BCUT2D eigenvalue weighted by molar-refractivity contribution is 6.05. The summed E-state index contributed by atoms with van der Waals surface area (Å²) in [5.74, 6) is -0.364. The number of amides is 2. The van der Waals surface area contributed by atoms with Gasteiger partial charge in [-0.05, 0) is 43.0 Å². The Morgan fingerprint density at radius 3 is 2.38 bits per heavy atom. The summed E-state index contributed by atoms with van der Waals surface area (Å²) in [6.45, 7) is 7.55. The van der Waals surface area contributed by atoms with Crippen molar-refractivity contribution in [3.63, 3.8) is 0 Å². The summed E-state index contributed by atoms with van der Waals surface area (Å²) in [7, 11) is 0. The van der Waals surface area contributed by atoms with Gasteiger partial charge < -0.3 is 10.2 Å². The molecule has 0 saturated carbocycles. The third-order valence-electron chi connectivity index (χ3n) is 4.16. The Hall–Kier alpha value is -2.69. The number of anilines is 1. The topological polar surface area (TPSA) is 62.3 Å². The van der Waals surface area contributed by atoms with Crippen molar-refractivity contribution in [2.24, 2.45) is 0 Å². The third kappa shape index (κ3) is 4.91. The molecule has 0 aliphatic carbocycles. The number of aryl methyl sites for hydroxylation is 1. The van der Waals surface area contributed by atoms with Crippen LogP contribution in [0, 0.1) is 0 Å². The van der Waals surface area contributed by atoms with E-state index in [0.717, 1.165) is 30.5 Å². The van der Waals surface area contributed by atoms with Crippen LogP contribution in [-0.2, 0) is 6.42 Å². The Labute approximate surface area is 155 Å². The second-order valence-electron chi connectivity index (χ2n) is 6.19. The lowest BCUT2D eigenvalue weighted by molar-refractivity contribution is 0.0755. The lowest BCUT2D eigenvalue weighted by Crippen LogP contribution is -2.32. The third-order valence-corrected chi connectivity index (χ3v) is 4.16. The minimum Gasteiger partial charge on any atom is -0.339 e. The number of carbonyl (C=O) groups is 2. The van der Waals surface area contributed by atoms with Gasteiger partial charge in [0.05, 0.1) is 0 Å². The van der Waals surface area contributed by atoms with Gasteiger partial charge in [0.15, 0.2) is 0 Å². The molecule has 2 rings (SSSR count). The number of carbonyl (C=O) groups excluding carboxylic acids is 2. The molecule has 0 saturated heterocycles. The minimum absolute atomic E-state index is 0.0564. The molecular formula is C21H27N3O2. The van der Waals surface area contributed by atoms with E-state index in [1.165, 1.54) is 6.20 Å². The van der Waals surface area contributed by atoms with Gasteiger partial charge in [-0.3, -0.25) is 14.6 Å². The fourth-order valence-corrected chi connectivity index (χ4v) is 2.86. The summed E-state index contributed by atoms with van der Waals surface area (Å²) in [4.78, 5) is 31.3. The summed E-state index contributed by atoms with van der Waals surface area (Å²) in [6.07, 6.45) is 4.14. The van der Waals surface area contributed by atoms with E-state index in [-0.39, 0.29) is 17.5 Å². The first-order chi connectivity index (χ1) is 12.6. The number of benzene rings is 1. The van der Waals surface area contributed by atoms with Gasteiger partial charge in [0.25, 0.3) is 11.8 Å². The first-order valence-electron chi connectivity index (χ1n) is 9.25. The molecule has 1 aromatic heterocycles. The van der Waals surface area contributed by atoms with Gasteiger partial charge >= 0.3 is 0 Å². The maximum Gasteiger partial charge on any atom is 0.274 e. The van der Waals surface area contributed by atoms with Crippen LogP contribution in [0.3, 0.4) is 0 Å². The van der Waals surface area contributed by atoms with E-state index in [1.54, 1.807) is 12.1 Å². The maximum absolute atomic E-state index is 12.7. The highest BCUT2D eigenvalue weighted by atomic mass is 16.2. The average molecular weight is 353 g/mol. The smallest absolute Gasteiger partial charge is 0.274 e. The van der Waals surface area contributed by atoms with Gasteiger partial charge in [-0.1, -0.05) is 39.0 Å². The lowest BCUT2D eigenvalue weighted by Gasteiger charge is -2.21. The van der Waals surface area contributed by atoms with E-state index in [9.17, 15) is 9.59 Å². The second kappa shape index (κ2) is 9.70. The maximum atomic E-state index is 12.7. The van der Waals surface area contributed by atoms with Crippen molar-refractivity contribution in [1.29, 1.82) is 0 Å². The predicted molar refractivity (Wildman–Crippen MR) is 104 cm³/mol. The number of aromatic nitrogens is 1. The number of hydrogen-bond donors (Lipinski definition) is 1. The molecule has 1 heterocycles. The van der Waals surface area contributed by atoms with Crippen LogP contribution in [0.1, 0.15) is 60.0 Å². The van der Waals surface area contributed by atoms with Crippen LogP contribution < -0.4 is 5.32 Å². The molecule has 0 atom stereocenters. The molecule has 138 valence electrons. The summed E-state index contributed by atoms with van der Waals surface area (Å²) in [5, 5.41) is 2.90. The fraction of sp³-hybridized carbons (Fsp3) is 0.381. The molecule has 0 spiro atoms. The van der Waals surface area contributed by atoms with Gasteiger partial charge in [0.1, 0.15) is 5.69 Å². The highest BCUT2D eigenvalue weighted by Gasteiger charge is 2.17. The Morgan fingerprint density at radius 2 is 1.73 bits per heavy atom. The second-order valence-corrected chi connectivity index (χ2v) is 6.19. The SMILES string of the molecule is CCCN(CCC)C(=O)c1ccnc(C(=O)Nc2ccccc2CC)c1. The molecule has 0 aliphatic rings. The van der Waals surface area contributed by atoms with Crippen LogP contribution in [0.4, 0.5) is 5.69 Å². The number of rotatable bonds is 8. The minimum atomic E-state index is -0.307. The number of pyridine rings is 1. The van der Waals surface area contributed by atoms with Gasteiger partial charge in [0.2, 0.25) is 0 Å². The summed E-state index contributed by atoms with van der Waals surface area (Å²) >= 11 is 0. The van der Waals surface area contributed by atoms with Crippen LogP contribution >= 0.6 is 0 Å². The zero-order valence-corrected chi connectivity index (χ0v) is 15.8. The Bertz CT molecular complexity index is 752. The standard InChI is InChI=1S/C21H27N3O2/c1-4-13-24(14-5-2)21(26)17-11-12-22-19(15-17)20(25)23-18-10-8-7-9-16(18)6-3/h7-12,15H,4-6,13-14H2,1-3H3,(H,23,25). The van der Waals surface area contributed by atoms with Gasteiger partial charge in [-0.2, -0.15) is 0 Å². The van der Waals surface area contributed by atoms with E-state index < -0.39 is 0 Å². The fourth-order valence-electron chi connectivity index (χ4n) is 2.86. The number of nitrogens with zero attached hydrogens (tertiary/aromatic N) is 2. The van der Waals surface area contributed by atoms with Gasteiger partial charge in [-0.25, -0.2) is 0 Å². The molecule has 26 heavy (non-hydrogen) atoms. The molecule has 5 heteroatoms. The summed E-state index contributed by atoms with van der Waals surface area (Å²) < 4.78 is 0. The first-order valence-corrected chi connectivity index (χ1v) is 9.25. The number of nitrogens with one attached hydrogen (secondary N) is 1. The lowest BCUT2D eigenvalue weighted by atomic mass is 10.1. The molecule has 1 N–H and O–H groups in total. The number of hydrogen-bond acceptors (Lipinski definition) is 3. The van der Waals surface area contributed by atoms with Crippen LogP contribution in [0.5, 0.6) is 0 Å². The molecule has 2 aromatic rings. The molecule has 5 nitrogen and oxygen atoms in total. The van der Waals surface area contributed by atoms with E-state index in [4.69, 9.17) is 0 Å². The van der Waals surface area contributed by atoms with Crippen molar-refractivity contribution >= 4 is 17.5 Å². The van der Waals surface area contributed by atoms with E-state index in [1.807, 2.05) is 49.9 Å². The molecule has 0 fully saturated rings. The van der Waals surface area contributed by atoms with Crippen molar-refractivity contribution in [1.82, 2.24) is 9.88 Å². The van der Waals surface area contributed by atoms with Crippen molar-refractivity contribution in [2.45, 2.75) is 40.0 Å². The van der Waals surface area contributed by atoms with Crippen molar-refractivity contribution < 1.29 is 9.59 Å². The molecule has 0 aliphatic heterocycles. The molecule has 1 aromatic carbocycles. The van der Waals surface area contributed by atoms with Gasteiger partial charge in [0, 0.05) is 30.5 Å². The molecule has 0 unspecified atom stereocenters. The first kappa shape index (κ1) is 19.6. The van der Waals surface area contributed by atoms with Crippen LogP contribution in [-0.4, -0.2) is 34.8 Å². The quantitative estimate of drug-likeness (QED) is 0.775.